The van der Waals surface area contributed by atoms with Crippen molar-refractivity contribution in [2.24, 2.45) is 0 Å². The maximum atomic E-state index is 12.9. The number of benzene rings is 1. The van der Waals surface area contributed by atoms with Gasteiger partial charge in [0, 0.05) is 21.1 Å². The van der Waals surface area contributed by atoms with Crippen LogP contribution in [0.4, 0.5) is 0 Å². The summed E-state index contributed by atoms with van der Waals surface area (Å²) in [7, 11) is -3.20. The third-order valence-electron chi connectivity index (χ3n) is 2.81. The third kappa shape index (κ3) is 4.19. The molecule has 1 aromatic heterocycles. The molecule has 2 aromatic rings. The first kappa shape index (κ1) is 16.8. The minimum absolute atomic E-state index is 0.155. The highest BCUT2D eigenvalue weighted by Crippen LogP contribution is 2.54. The van der Waals surface area contributed by atoms with Crippen molar-refractivity contribution >= 4 is 34.4 Å². The molecule has 0 bridgehead atoms. The molecule has 6 heteroatoms. The minimum atomic E-state index is -3.20. The predicted molar refractivity (Wildman–Crippen MR) is 89.8 cm³/mol. The van der Waals surface area contributed by atoms with Crippen LogP contribution in [0.5, 0.6) is 0 Å². The molecule has 0 saturated carbocycles. The molecule has 0 unspecified atom stereocenters. The van der Waals surface area contributed by atoms with Crippen molar-refractivity contribution in [1.29, 1.82) is 0 Å². The molecule has 116 valence electrons. The van der Waals surface area contributed by atoms with Gasteiger partial charge in [-0.05, 0) is 49.7 Å². The van der Waals surface area contributed by atoms with E-state index in [2.05, 4.69) is 20.9 Å². The van der Waals surface area contributed by atoms with Crippen LogP contribution in [0.15, 0.2) is 28.7 Å². The Hall–Kier alpha value is -0.610. The highest BCUT2D eigenvalue weighted by atomic mass is 79.9. The van der Waals surface area contributed by atoms with Crippen LogP contribution in [0.2, 0.25) is 0 Å². The molecule has 1 heterocycles. The number of halogens is 1. The second kappa shape index (κ2) is 6.66. The summed E-state index contributed by atoms with van der Waals surface area (Å²) in [6, 6.07) is 7.93. The summed E-state index contributed by atoms with van der Waals surface area (Å²) in [4.78, 5) is 3.29. The molecule has 0 saturated heterocycles. The molecule has 0 fully saturated rings. The SMILES string of the molecule is CC(C)OP(=O)(Cc1[nH]c2ccccc2c1Br)OC(C)C. The number of para-hydroxylation sites is 1. The molecule has 0 spiro atoms. The van der Waals surface area contributed by atoms with Crippen LogP contribution in [-0.2, 0) is 19.8 Å². The Morgan fingerprint density at radius 3 is 2.24 bits per heavy atom. The van der Waals surface area contributed by atoms with Crippen LogP contribution in [0.3, 0.4) is 0 Å². The van der Waals surface area contributed by atoms with Gasteiger partial charge in [0.2, 0.25) is 0 Å². The predicted octanol–water partition coefficient (Wildman–Crippen LogP) is 5.47. The zero-order valence-electron chi connectivity index (χ0n) is 12.7. The molecule has 4 nitrogen and oxygen atoms in total. The lowest BCUT2D eigenvalue weighted by Gasteiger charge is -2.22. The largest absolute Gasteiger partial charge is 0.357 e. The van der Waals surface area contributed by atoms with Crippen molar-refractivity contribution in [2.75, 3.05) is 0 Å². The van der Waals surface area contributed by atoms with Gasteiger partial charge < -0.3 is 14.0 Å². The normalized spacial score (nSPS) is 12.7. The fraction of sp³-hybridized carbons (Fsp3) is 0.467. The summed E-state index contributed by atoms with van der Waals surface area (Å²) in [6.07, 6.45) is -0.0889. The van der Waals surface area contributed by atoms with Gasteiger partial charge in [-0.3, -0.25) is 4.57 Å². The average molecular weight is 374 g/mol. The van der Waals surface area contributed by atoms with Crippen molar-refractivity contribution in [3.8, 4) is 0 Å². The summed E-state index contributed by atoms with van der Waals surface area (Å²) in [6.45, 7) is 7.43. The van der Waals surface area contributed by atoms with Gasteiger partial charge in [0.15, 0.2) is 0 Å². The van der Waals surface area contributed by atoms with E-state index in [4.69, 9.17) is 9.05 Å². The number of fused-ring (bicyclic) bond motifs is 1. The first-order valence-electron chi connectivity index (χ1n) is 7.01. The summed E-state index contributed by atoms with van der Waals surface area (Å²) < 4.78 is 25.1. The van der Waals surface area contributed by atoms with E-state index in [-0.39, 0.29) is 18.4 Å². The summed E-state index contributed by atoms with van der Waals surface area (Å²) in [5.74, 6) is 0. The van der Waals surface area contributed by atoms with Gasteiger partial charge in [0.25, 0.3) is 0 Å². The fourth-order valence-corrected chi connectivity index (χ4v) is 5.12. The second-order valence-electron chi connectivity index (χ2n) is 5.54. The molecular weight excluding hydrogens is 353 g/mol. The average Bonchev–Trinajstić information content (AvgIpc) is 2.64. The van der Waals surface area contributed by atoms with Crippen molar-refractivity contribution in [1.82, 2.24) is 4.98 Å². The molecule has 0 aliphatic carbocycles. The molecule has 0 aliphatic rings. The van der Waals surface area contributed by atoms with E-state index in [1.54, 1.807) is 0 Å². The van der Waals surface area contributed by atoms with Crippen LogP contribution in [0, 0.1) is 0 Å². The minimum Gasteiger partial charge on any atom is -0.357 e. The Morgan fingerprint density at radius 2 is 1.71 bits per heavy atom. The van der Waals surface area contributed by atoms with Gasteiger partial charge in [-0.2, -0.15) is 0 Å². The number of nitrogens with one attached hydrogen (secondary N) is 1. The van der Waals surface area contributed by atoms with E-state index < -0.39 is 7.60 Å². The quantitative estimate of drug-likeness (QED) is 0.682. The number of rotatable bonds is 6. The summed E-state index contributed by atoms with van der Waals surface area (Å²) in [5, 5.41) is 1.06. The first-order valence-corrected chi connectivity index (χ1v) is 9.54. The summed E-state index contributed by atoms with van der Waals surface area (Å²) in [5.41, 5.74) is 1.83. The van der Waals surface area contributed by atoms with Crippen LogP contribution >= 0.6 is 23.5 Å². The fourth-order valence-electron chi connectivity index (χ4n) is 2.21. The lowest BCUT2D eigenvalue weighted by Crippen LogP contribution is -2.09. The Balaban J connectivity index is 2.34. The van der Waals surface area contributed by atoms with E-state index in [1.807, 2.05) is 52.0 Å². The lowest BCUT2D eigenvalue weighted by molar-refractivity contribution is 0.141. The van der Waals surface area contributed by atoms with Crippen LogP contribution in [0.25, 0.3) is 10.9 Å². The lowest BCUT2D eigenvalue weighted by atomic mass is 10.2. The smallest absolute Gasteiger partial charge is 0.337 e. The third-order valence-corrected chi connectivity index (χ3v) is 5.90. The Bertz CT molecular complexity index is 652. The molecule has 1 aromatic carbocycles. The number of hydrogen-bond donors (Lipinski definition) is 1. The van der Waals surface area contributed by atoms with Crippen molar-refractivity contribution in [3.05, 3.63) is 34.4 Å². The molecular formula is C15H21BrNO3P. The van der Waals surface area contributed by atoms with Crippen LogP contribution in [0.1, 0.15) is 33.4 Å². The maximum Gasteiger partial charge on any atom is 0.337 e. The highest BCUT2D eigenvalue weighted by molar-refractivity contribution is 9.10. The number of hydrogen-bond acceptors (Lipinski definition) is 3. The zero-order chi connectivity index (χ0) is 15.6. The van der Waals surface area contributed by atoms with E-state index >= 15 is 0 Å². The second-order valence-corrected chi connectivity index (χ2v) is 8.29. The molecule has 0 atom stereocenters. The molecule has 0 radical (unpaired) electrons. The van der Waals surface area contributed by atoms with Gasteiger partial charge in [0.1, 0.15) is 0 Å². The molecule has 0 amide bonds. The number of aromatic nitrogens is 1. The highest BCUT2D eigenvalue weighted by Gasteiger charge is 2.30. The molecule has 1 N–H and O–H groups in total. The first-order chi connectivity index (χ1) is 9.81. The van der Waals surface area contributed by atoms with Crippen LogP contribution < -0.4 is 0 Å². The van der Waals surface area contributed by atoms with Gasteiger partial charge in [-0.1, -0.05) is 18.2 Å². The van der Waals surface area contributed by atoms with E-state index in [0.717, 1.165) is 21.1 Å². The monoisotopic (exact) mass is 373 g/mol. The van der Waals surface area contributed by atoms with Gasteiger partial charge >= 0.3 is 7.60 Å². The molecule has 0 aliphatic heterocycles. The van der Waals surface area contributed by atoms with Gasteiger partial charge in [-0.15, -0.1) is 0 Å². The number of H-pyrrole nitrogens is 1. The van der Waals surface area contributed by atoms with Crippen molar-refractivity contribution in [2.45, 2.75) is 46.1 Å². The topological polar surface area (TPSA) is 51.3 Å². The number of aromatic amines is 1. The Kier molecular flexibility index (Phi) is 5.31. The van der Waals surface area contributed by atoms with Crippen molar-refractivity contribution in [3.63, 3.8) is 0 Å². The van der Waals surface area contributed by atoms with Crippen molar-refractivity contribution < 1.29 is 13.6 Å². The van der Waals surface area contributed by atoms with E-state index in [9.17, 15) is 4.57 Å². The Labute approximate surface area is 133 Å². The summed E-state index contributed by atoms with van der Waals surface area (Å²) >= 11 is 3.57. The van der Waals surface area contributed by atoms with E-state index in [1.165, 1.54) is 0 Å². The maximum absolute atomic E-state index is 12.9. The Morgan fingerprint density at radius 1 is 1.14 bits per heavy atom. The van der Waals surface area contributed by atoms with Crippen LogP contribution in [-0.4, -0.2) is 17.2 Å². The zero-order valence-corrected chi connectivity index (χ0v) is 15.2. The standard InChI is InChI=1S/C15H21BrNO3P/c1-10(2)19-21(18,20-11(3)4)9-14-15(16)12-7-5-6-8-13(12)17-14/h5-8,10-11,17H,9H2,1-4H3. The van der Waals surface area contributed by atoms with E-state index in [0.29, 0.717) is 0 Å². The van der Waals surface area contributed by atoms with Gasteiger partial charge in [-0.25, -0.2) is 0 Å². The molecule has 2 rings (SSSR count). The van der Waals surface area contributed by atoms with Gasteiger partial charge in [0.05, 0.1) is 18.4 Å². The molecule has 21 heavy (non-hydrogen) atoms.